The van der Waals surface area contributed by atoms with Crippen LogP contribution in [0.3, 0.4) is 0 Å². The predicted octanol–water partition coefficient (Wildman–Crippen LogP) is 4.72. The molecule has 0 saturated heterocycles. The average Bonchev–Trinajstić information content (AvgIpc) is 2.22. The molecule has 0 bridgehead atoms. The third-order valence-electron chi connectivity index (χ3n) is 3.74. The first kappa shape index (κ1) is 12.7. The maximum atomic E-state index is 13.3. The Hall–Kier alpha value is -0.760. The second kappa shape index (κ2) is 5.26. The maximum Gasteiger partial charge on any atom is 0.126 e. The van der Waals surface area contributed by atoms with Gasteiger partial charge in [-0.1, -0.05) is 31.9 Å². The highest BCUT2D eigenvalue weighted by Gasteiger charge is 2.27. The van der Waals surface area contributed by atoms with Gasteiger partial charge in [-0.2, -0.15) is 0 Å². The molecule has 94 valence electrons. The molecule has 2 unspecified atom stereocenters. The molecule has 17 heavy (non-hydrogen) atoms. The number of halogens is 2. The smallest absolute Gasteiger partial charge is 0.126 e. The van der Waals surface area contributed by atoms with Crippen LogP contribution in [-0.2, 0) is 0 Å². The van der Waals surface area contributed by atoms with E-state index in [-0.39, 0.29) is 5.82 Å². The van der Waals surface area contributed by atoms with Crippen molar-refractivity contribution in [2.75, 3.05) is 5.32 Å². The zero-order valence-corrected chi connectivity index (χ0v) is 11.1. The first-order valence-corrected chi connectivity index (χ1v) is 6.66. The van der Waals surface area contributed by atoms with Gasteiger partial charge in [-0.3, -0.25) is 0 Å². The van der Waals surface area contributed by atoms with Crippen LogP contribution in [0.2, 0.25) is 5.02 Å². The monoisotopic (exact) mass is 255 g/mol. The van der Waals surface area contributed by atoms with E-state index in [0.717, 1.165) is 5.69 Å². The van der Waals surface area contributed by atoms with Crippen LogP contribution in [0, 0.1) is 17.7 Å². The van der Waals surface area contributed by atoms with E-state index >= 15 is 0 Å². The number of anilines is 1. The average molecular weight is 256 g/mol. The molecule has 1 saturated carbocycles. The van der Waals surface area contributed by atoms with Crippen LogP contribution >= 0.6 is 11.6 Å². The van der Waals surface area contributed by atoms with Gasteiger partial charge in [0.25, 0.3) is 0 Å². The lowest BCUT2D eigenvalue weighted by Crippen LogP contribution is -2.37. The fraction of sp³-hybridized carbons (Fsp3) is 0.571. The van der Waals surface area contributed by atoms with Crippen molar-refractivity contribution in [1.29, 1.82) is 0 Å². The summed E-state index contributed by atoms with van der Waals surface area (Å²) in [4.78, 5) is 0. The van der Waals surface area contributed by atoms with Crippen molar-refractivity contribution in [3.8, 4) is 0 Å². The highest BCUT2D eigenvalue weighted by atomic mass is 35.5. The van der Waals surface area contributed by atoms with Gasteiger partial charge >= 0.3 is 0 Å². The minimum Gasteiger partial charge on any atom is -0.382 e. The molecule has 2 atom stereocenters. The molecule has 0 aliphatic heterocycles. The van der Waals surface area contributed by atoms with Crippen molar-refractivity contribution in [3.05, 3.63) is 29.0 Å². The standard InChI is InChI=1S/C14H19ClFN/c1-9-4-3-5-10(2)14(9)17-13-7-11(15)6-12(16)8-13/h6-10,14,17H,3-5H2,1-2H3. The summed E-state index contributed by atoms with van der Waals surface area (Å²) in [7, 11) is 0. The molecule has 1 aliphatic rings. The number of nitrogens with one attached hydrogen (secondary N) is 1. The van der Waals surface area contributed by atoms with Crippen molar-refractivity contribution >= 4 is 17.3 Å². The Kier molecular flexibility index (Phi) is 3.93. The van der Waals surface area contributed by atoms with E-state index in [2.05, 4.69) is 19.2 Å². The minimum atomic E-state index is -0.281. The lowest BCUT2D eigenvalue weighted by atomic mass is 9.78. The van der Waals surface area contributed by atoms with Crippen LogP contribution in [0.25, 0.3) is 0 Å². The lowest BCUT2D eigenvalue weighted by molar-refractivity contribution is 0.268. The van der Waals surface area contributed by atoms with Crippen molar-refractivity contribution < 1.29 is 4.39 Å². The Morgan fingerprint density at radius 3 is 2.41 bits per heavy atom. The van der Waals surface area contributed by atoms with Gasteiger partial charge in [0, 0.05) is 16.8 Å². The van der Waals surface area contributed by atoms with E-state index in [1.54, 1.807) is 6.07 Å². The minimum absolute atomic E-state index is 0.281. The molecule has 0 aromatic heterocycles. The van der Waals surface area contributed by atoms with Crippen LogP contribution in [0.1, 0.15) is 33.1 Å². The summed E-state index contributed by atoms with van der Waals surface area (Å²) < 4.78 is 13.3. The SMILES string of the molecule is CC1CCCC(C)C1Nc1cc(F)cc(Cl)c1. The van der Waals surface area contributed by atoms with Gasteiger partial charge in [0.2, 0.25) is 0 Å². The highest BCUT2D eigenvalue weighted by molar-refractivity contribution is 6.30. The van der Waals surface area contributed by atoms with Crippen molar-refractivity contribution in [3.63, 3.8) is 0 Å². The zero-order chi connectivity index (χ0) is 12.4. The molecule has 0 spiro atoms. The molecule has 0 radical (unpaired) electrons. The number of rotatable bonds is 2. The lowest BCUT2D eigenvalue weighted by Gasteiger charge is -2.36. The van der Waals surface area contributed by atoms with Crippen LogP contribution in [0.4, 0.5) is 10.1 Å². The zero-order valence-electron chi connectivity index (χ0n) is 10.3. The first-order valence-electron chi connectivity index (χ1n) is 6.29. The highest BCUT2D eigenvalue weighted by Crippen LogP contribution is 2.32. The Labute approximate surface area is 107 Å². The topological polar surface area (TPSA) is 12.0 Å². The molecular formula is C14H19ClFN. The van der Waals surface area contributed by atoms with Crippen molar-refractivity contribution in [2.45, 2.75) is 39.2 Å². The molecule has 1 aromatic carbocycles. The summed E-state index contributed by atoms with van der Waals surface area (Å²) in [5.74, 6) is 0.970. The fourth-order valence-corrected chi connectivity index (χ4v) is 3.02. The first-order chi connectivity index (χ1) is 8.06. The Balaban J connectivity index is 2.13. The fourth-order valence-electron chi connectivity index (χ4n) is 2.80. The van der Waals surface area contributed by atoms with E-state index in [4.69, 9.17) is 11.6 Å². The van der Waals surface area contributed by atoms with E-state index in [9.17, 15) is 4.39 Å². The number of hydrogen-bond acceptors (Lipinski definition) is 1. The van der Waals surface area contributed by atoms with Gasteiger partial charge < -0.3 is 5.32 Å². The summed E-state index contributed by atoms with van der Waals surface area (Å²) in [5.41, 5.74) is 0.792. The second-order valence-electron chi connectivity index (χ2n) is 5.21. The molecule has 1 N–H and O–H groups in total. The summed E-state index contributed by atoms with van der Waals surface area (Å²) >= 11 is 5.86. The van der Waals surface area contributed by atoms with Crippen LogP contribution < -0.4 is 5.32 Å². The van der Waals surface area contributed by atoms with E-state index in [0.29, 0.717) is 22.9 Å². The Morgan fingerprint density at radius 1 is 1.18 bits per heavy atom. The molecule has 1 aromatic rings. The summed E-state index contributed by atoms with van der Waals surface area (Å²) in [6.45, 7) is 4.52. The van der Waals surface area contributed by atoms with Gasteiger partial charge in [-0.05, 0) is 42.9 Å². The molecule has 1 aliphatic carbocycles. The summed E-state index contributed by atoms with van der Waals surface area (Å²) in [6, 6.07) is 5.06. The normalized spacial score (nSPS) is 29.1. The van der Waals surface area contributed by atoms with E-state index in [1.807, 2.05) is 0 Å². The molecule has 0 heterocycles. The predicted molar refractivity (Wildman–Crippen MR) is 71.0 cm³/mol. The second-order valence-corrected chi connectivity index (χ2v) is 5.65. The third-order valence-corrected chi connectivity index (χ3v) is 3.96. The maximum absolute atomic E-state index is 13.3. The number of hydrogen-bond donors (Lipinski definition) is 1. The molecule has 0 amide bonds. The molecular weight excluding hydrogens is 237 g/mol. The van der Waals surface area contributed by atoms with Gasteiger partial charge in [0.05, 0.1) is 0 Å². The van der Waals surface area contributed by atoms with Gasteiger partial charge in [-0.25, -0.2) is 4.39 Å². The van der Waals surface area contributed by atoms with Crippen LogP contribution in [0.15, 0.2) is 18.2 Å². The largest absolute Gasteiger partial charge is 0.382 e. The van der Waals surface area contributed by atoms with Crippen molar-refractivity contribution in [1.82, 2.24) is 0 Å². The van der Waals surface area contributed by atoms with E-state index < -0.39 is 0 Å². The van der Waals surface area contributed by atoms with E-state index in [1.165, 1.54) is 31.4 Å². The van der Waals surface area contributed by atoms with Gasteiger partial charge in [0.1, 0.15) is 5.82 Å². The Bertz CT molecular complexity index is 364. The van der Waals surface area contributed by atoms with Crippen LogP contribution in [-0.4, -0.2) is 6.04 Å². The quantitative estimate of drug-likeness (QED) is 0.807. The van der Waals surface area contributed by atoms with Crippen molar-refractivity contribution in [2.24, 2.45) is 11.8 Å². The molecule has 2 rings (SSSR count). The van der Waals surface area contributed by atoms with Crippen LogP contribution in [0.5, 0.6) is 0 Å². The van der Waals surface area contributed by atoms with Gasteiger partial charge in [0.15, 0.2) is 0 Å². The Morgan fingerprint density at radius 2 is 1.82 bits per heavy atom. The summed E-state index contributed by atoms with van der Waals surface area (Å²) in [6.07, 6.45) is 3.78. The number of benzene rings is 1. The summed E-state index contributed by atoms with van der Waals surface area (Å²) in [5, 5.41) is 3.89. The van der Waals surface area contributed by atoms with Gasteiger partial charge in [-0.15, -0.1) is 0 Å². The third kappa shape index (κ3) is 3.12. The molecule has 1 nitrogen and oxygen atoms in total. The molecule has 1 fully saturated rings. The molecule has 3 heteroatoms.